The van der Waals surface area contributed by atoms with Gasteiger partial charge >= 0.3 is 0 Å². The summed E-state index contributed by atoms with van der Waals surface area (Å²) >= 11 is 6.37. The highest BCUT2D eigenvalue weighted by molar-refractivity contribution is 6.32. The third kappa shape index (κ3) is 3.42. The van der Waals surface area contributed by atoms with Gasteiger partial charge in [0.2, 0.25) is 5.91 Å². The molecule has 0 atom stereocenters. The van der Waals surface area contributed by atoms with Crippen LogP contribution in [0.25, 0.3) is 0 Å². The van der Waals surface area contributed by atoms with Gasteiger partial charge in [-0.15, -0.1) is 0 Å². The zero-order chi connectivity index (χ0) is 15.6. The standard InChI is InChI=1S/C15H19ClN4O/c1-11(21)20(10-19-9-17-8-18-19)13-7-5-6-12(16)14(13)15(2,3)4/h5-9H,10H2,1-4H3. The summed E-state index contributed by atoms with van der Waals surface area (Å²) in [5.41, 5.74) is 1.57. The molecule has 0 saturated carbocycles. The van der Waals surface area contributed by atoms with Gasteiger partial charge in [-0.05, 0) is 23.1 Å². The largest absolute Gasteiger partial charge is 0.292 e. The van der Waals surface area contributed by atoms with Crippen LogP contribution in [-0.4, -0.2) is 20.7 Å². The number of amides is 1. The van der Waals surface area contributed by atoms with Gasteiger partial charge < -0.3 is 0 Å². The topological polar surface area (TPSA) is 51.0 Å². The Morgan fingerprint density at radius 3 is 2.62 bits per heavy atom. The van der Waals surface area contributed by atoms with Gasteiger partial charge in [0.15, 0.2) is 0 Å². The predicted octanol–water partition coefficient (Wildman–Crippen LogP) is 3.24. The van der Waals surface area contributed by atoms with Crippen LogP contribution >= 0.6 is 11.6 Å². The molecule has 5 nitrogen and oxygen atoms in total. The van der Waals surface area contributed by atoms with E-state index in [4.69, 9.17) is 11.6 Å². The maximum atomic E-state index is 12.1. The summed E-state index contributed by atoms with van der Waals surface area (Å²) < 4.78 is 1.61. The zero-order valence-corrected chi connectivity index (χ0v) is 13.4. The molecular weight excluding hydrogens is 288 g/mol. The van der Waals surface area contributed by atoms with Crippen molar-refractivity contribution in [2.24, 2.45) is 0 Å². The summed E-state index contributed by atoms with van der Waals surface area (Å²) in [6, 6.07) is 5.61. The van der Waals surface area contributed by atoms with Crippen LogP contribution in [0.1, 0.15) is 33.3 Å². The second-order valence-corrected chi connectivity index (χ2v) is 6.31. The summed E-state index contributed by atoms with van der Waals surface area (Å²) in [6.45, 7) is 8.06. The van der Waals surface area contributed by atoms with Crippen LogP contribution in [0.3, 0.4) is 0 Å². The molecule has 0 unspecified atom stereocenters. The summed E-state index contributed by atoms with van der Waals surface area (Å²) in [4.78, 5) is 17.6. The molecule has 6 heteroatoms. The second kappa shape index (κ2) is 5.85. The Morgan fingerprint density at radius 2 is 2.10 bits per heavy atom. The molecule has 1 aromatic carbocycles. The molecule has 0 N–H and O–H groups in total. The van der Waals surface area contributed by atoms with Crippen molar-refractivity contribution in [3.63, 3.8) is 0 Å². The Labute approximate surface area is 129 Å². The summed E-state index contributed by atoms with van der Waals surface area (Å²) in [5.74, 6) is -0.0710. The predicted molar refractivity (Wildman–Crippen MR) is 83.3 cm³/mol. The lowest BCUT2D eigenvalue weighted by atomic mass is 9.85. The molecule has 2 aromatic rings. The number of hydrogen-bond donors (Lipinski definition) is 0. The van der Waals surface area contributed by atoms with E-state index in [9.17, 15) is 4.79 Å². The maximum absolute atomic E-state index is 12.1. The van der Waals surface area contributed by atoms with Crippen molar-refractivity contribution >= 4 is 23.2 Å². The van der Waals surface area contributed by atoms with Crippen molar-refractivity contribution in [1.82, 2.24) is 14.8 Å². The average Bonchev–Trinajstić information content (AvgIpc) is 2.86. The first-order chi connectivity index (χ1) is 9.80. The Bertz CT molecular complexity index is 632. The van der Waals surface area contributed by atoms with E-state index in [0.717, 1.165) is 11.3 Å². The normalized spacial score (nSPS) is 11.5. The second-order valence-electron chi connectivity index (χ2n) is 5.91. The molecule has 0 fully saturated rings. The van der Waals surface area contributed by atoms with E-state index in [0.29, 0.717) is 11.7 Å². The van der Waals surface area contributed by atoms with Crippen molar-refractivity contribution < 1.29 is 4.79 Å². The molecule has 0 saturated heterocycles. The molecule has 1 aromatic heterocycles. The first-order valence-corrected chi connectivity index (χ1v) is 7.08. The van der Waals surface area contributed by atoms with Gasteiger partial charge in [-0.25, -0.2) is 9.67 Å². The first-order valence-electron chi connectivity index (χ1n) is 6.70. The number of nitrogens with zero attached hydrogens (tertiary/aromatic N) is 4. The first kappa shape index (κ1) is 15.5. The quantitative estimate of drug-likeness (QED) is 0.874. The van der Waals surface area contributed by atoms with Crippen LogP contribution in [0.5, 0.6) is 0 Å². The smallest absolute Gasteiger partial charge is 0.225 e. The Hall–Kier alpha value is -1.88. The van der Waals surface area contributed by atoms with Crippen molar-refractivity contribution in [3.05, 3.63) is 41.4 Å². The van der Waals surface area contributed by atoms with Crippen LogP contribution in [0, 0.1) is 0 Å². The number of aromatic nitrogens is 3. The van der Waals surface area contributed by atoms with Crippen molar-refractivity contribution in [1.29, 1.82) is 0 Å². The summed E-state index contributed by atoms with van der Waals surface area (Å²) in [6.07, 6.45) is 3.03. The van der Waals surface area contributed by atoms with Gasteiger partial charge in [0.1, 0.15) is 19.3 Å². The molecule has 0 aliphatic rings. The van der Waals surface area contributed by atoms with Crippen molar-refractivity contribution in [3.8, 4) is 0 Å². The van der Waals surface area contributed by atoms with Gasteiger partial charge in [0.25, 0.3) is 0 Å². The van der Waals surface area contributed by atoms with Gasteiger partial charge in [-0.3, -0.25) is 9.69 Å². The monoisotopic (exact) mass is 306 g/mol. The highest BCUT2D eigenvalue weighted by Gasteiger charge is 2.25. The van der Waals surface area contributed by atoms with E-state index < -0.39 is 0 Å². The Balaban J connectivity index is 2.51. The minimum Gasteiger partial charge on any atom is -0.292 e. The average molecular weight is 307 g/mol. The SMILES string of the molecule is CC(=O)N(Cn1cncn1)c1cccc(Cl)c1C(C)(C)C. The van der Waals surface area contributed by atoms with Crippen molar-refractivity contribution in [2.45, 2.75) is 39.8 Å². The highest BCUT2D eigenvalue weighted by atomic mass is 35.5. The number of carbonyl (C=O) groups is 1. The molecule has 0 radical (unpaired) electrons. The Kier molecular flexibility index (Phi) is 4.32. The minimum absolute atomic E-state index is 0.0710. The number of rotatable bonds is 3. The van der Waals surface area contributed by atoms with Crippen LogP contribution in [-0.2, 0) is 16.9 Å². The molecule has 0 aliphatic heterocycles. The van der Waals surface area contributed by atoms with Gasteiger partial charge in [-0.1, -0.05) is 38.4 Å². The number of carbonyl (C=O) groups excluding carboxylic acids is 1. The lowest BCUT2D eigenvalue weighted by Crippen LogP contribution is -2.33. The number of anilines is 1. The maximum Gasteiger partial charge on any atom is 0.225 e. The van der Waals surface area contributed by atoms with Crippen LogP contribution < -0.4 is 4.90 Å². The molecule has 112 valence electrons. The van der Waals surface area contributed by atoms with Gasteiger partial charge in [-0.2, -0.15) is 5.10 Å². The van der Waals surface area contributed by atoms with Crippen molar-refractivity contribution in [2.75, 3.05) is 4.90 Å². The fraction of sp³-hybridized carbons (Fsp3) is 0.400. The van der Waals surface area contributed by atoms with E-state index in [-0.39, 0.29) is 11.3 Å². The molecule has 21 heavy (non-hydrogen) atoms. The van der Waals surface area contributed by atoms with Crippen LogP contribution in [0.15, 0.2) is 30.9 Å². The van der Waals surface area contributed by atoms with E-state index in [2.05, 4.69) is 30.9 Å². The van der Waals surface area contributed by atoms with Crippen LogP contribution in [0.4, 0.5) is 5.69 Å². The fourth-order valence-corrected chi connectivity index (χ4v) is 2.73. The lowest BCUT2D eigenvalue weighted by molar-refractivity contribution is -0.117. The van der Waals surface area contributed by atoms with E-state index >= 15 is 0 Å². The number of hydrogen-bond acceptors (Lipinski definition) is 3. The van der Waals surface area contributed by atoms with Gasteiger partial charge in [0, 0.05) is 11.9 Å². The zero-order valence-electron chi connectivity index (χ0n) is 12.7. The molecular formula is C15H19ClN4O. The number of benzene rings is 1. The lowest BCUT2D eigenvalue weighted by Gasteiger charge is -2.30. The van der Waals surface area contributed by atoms with E-state index in [1.54, 1.807) is 15.9 Å². The molecule has 0 spiro atoms. The molecule has 0 aliphatic carbocycles. The fourth-order valence-electron chi connectivity index (χ4n) is 2.28. The third-order valence-corrected chi connectivity index (χ3v) is 3.48. The third-order valence-electron chi connectivity index (χ3n) is 3.17. The molecule has 1 amide bonds. The number of halogens is 1. The highest BCUT2D eigenvalue weighted by Crippen LogP contribution is 2.37. The molecule has 0 bridgehead atoms. The van der Waals surface area contributed by atoms with Crippen LogP contribution in [0.2, 0.25) is 5.02 Å². The van der Waals surface area contributed by atoms with E-state index in [1.807, 2.05) is 18.2 Å². The molecule has 2 rings (SSSR count). The summed E-state index contributed by atoms with van der Waals surface area (Å²) in [5, 5.41) is 4.71. The minimum atomic E-state index is -0.177. The molecule has 1 heterocycles. The Morgan fingerprint density at radius 1 is 1.38 bits per heavy atom. The summed E-state index contributed by atoms with van der Waals surface area (Å²) in [7, 11) is 0. The van der Waals surface area contributed by atoms with E-state index in [1.165, 1.54) is 13.3 Å². The van der Waals surface area contributed by atoms with Gasteiger partial charge in [0.05, 0.1) is 5.69 Å².